The first kappa shape index (κ1) is 7.31. The van der Waals surface area contributed by atoms with Crippen LogP contribution in [0, 0.1) is 0 Å². The lowest BCUT2D eigenvalue weighted by Gasteiger charge is -2.20. The van der Waals surface area contributed by atoms with E-state index in [0.717, 1.165) is 18.5 Å². The first-order valence-corrected chi connectivity index (χ1v) is 3.32. The van der Waals surface area contributed by atoms with Crippen LogP contribution in [-0.4, -0.2) is 17.3 Å². The van der Waals surface area contributed by atoms with Crippen molar-refractivity contribution in [3.05, 3.63) is 23.9 Å². The summed E-state index contributed by atoms with van der Waals surface area (Å²) in [4.78, 5) is 0. The number of allylic oxidation sites excluding steroid dienone is 3. The zero-order chi connectivity index (χ0) is 7.40. The molecule has 56 valence electrons. The molecule has 3 nitrogen and oxygen atoms in total. The van der Waals surface area contributed by atoms with Gasteiger partial charge in [-0.25, -0.2) is 0 Å². The van der Waals surface area contributed by atoms with Crippen molar-refractivity contribution in [3.63, 3.8) is 0 Å². The largest absolute Gasteiger partial charge is 0.297 e. The molecule has 0 aromatic heterocycles. The summed E-state index contributed by atoms with van der Waals surface area (Å²) in [5.74, 6) is 0. The quantitative estimate of drug-likeness (QED) is 0.444. The van der Waals surface area contributed by atoms with E-state index < -0.39 is 0 Å². The molecule has 0 atom stereocenters. The van der Waals surface area contributed by atoms with Gasteiger partial charge in [0.15, 0.2) is 0 Å². The lowest BCUT2D eigenvalue weighted by atomic mass is 10.1. The molecule has 1 aliphatic carbocycles. The zero-order valence-corrected chi connectivity index (χ0v) is 6.04. The van der Waals surface area contributed by atoms with E-state index in [1.165, 1.54) is 0 Å². The van der Waals surface area contributed by atoms with Gasteiger partial charge in [0, 0.05) is 19.2 Å². The molecule has 0 spiro atoms. The number of nitrogens with zero attached hydrogens (tertiary/aromatic N) is 1. The maximum Gasteiger partial charge on any atom is 0.0313 e. The molecule has 0 saturated heterocycles. The van der Waals surface area contributed by atoms with Crippen molar-refractivity contribution in [1.29, 1.82) is 0 Å². The van der Waals surface area contributed by atoms with Crippen LogP contribution >= 0.6 is 0 Å². The standard InChI is InChI=1S/C7H12N2O/c1-9(8-10)7-5-3-2-4-6-7/h2-3,6,8,10H,4-5H2,1H3. The summed E-state index contributed by atoms with van der Waals surface area (Å²) in [6.45, 7) is 0. The highest BCUT2D eigenvalue weighted by Gasteiger charge is 2.01. The second-order valence-electron chi connectivity index (χ2n) is 2.27. The van der Waals surface area contributed by atoms with Gasteiger partial charge in [-0.3, -0.25) is 10.2 Å². The molecule has 0 aromatic carbocycles. The van der Waals surface area contributed by atoms with E-state index >= 15 is 0 Å². The van der Waals surface area contributed by atoms with Crippen molar-refractivity contribution in [2.45, 2.75) is 12.8 Å². The number of hydrogen-bond donors (Lipinski definition) is 2. The monoisotopic (exact) mass is 140 g/mol. The molecule has 0 saturated carbocycles. The molecule has 0 radical (unpaired) electrons. The van der Waals surface area contributed by atoms with Crippen molar-refractivity contribution in [2.75, 3.05) is 7.05 Å². The first-order valence-electron chi connectivity index (χ1n) is 3.32. The highest BCUT2D eigenvalue weighted by atomic mass is 16.5. The molecule has 3 heteroatoms. The van der Waals surface area contributed by atoms with Crippen LogP contribution in [0.3, 0.4) is 0 Å². The molecular formula is C7H12N2O. The van der Waals surface area contributed by atoms with Gasteiger partial charge in [0.25, 0.3) is 0 Å². The SMILES string of the molecule is CN(NO)C1=CCC=CC1. The Morgan fingerprint density at radius 2 is 2.40 bits per heavy atom. The molecule has 10 heavy (non-hydrogen) atoms. The van der Waals surface area contributed by atoms with E-state index in [2.05, 4.69) is 23.8 Å². The molecule has 2 N–H and O–H groups in total. The molecule has 0 amide bonds. The van der Waals surface area contributed by atoms with Gasteiger partial charge in [0.1, 0.15) is 0 Å². The molecule has 1 aliphatic rings. The van der Waals surface area contributed by atoms with Crippen molar-refractivity contribution in [1.82, 2.24) is 10.6 Å². The Kier molecular flexibility index (Phi) is 2.48. The number of rotatable bonds is 2. The Labute approximate surface area is 60.6 Å². The fourth-order valence-corrected chi connectivity index (χ4v) is 0.926. The average Bonchev–Trinajstić information content (AvgIpc) is 2.05. The summed E-state index contributed by atoms with van der Waals surface area (Å²) in [5, 5.41) is 10.1. The fraction of sp³-hybridized carbons (Fsp3) is 0.429. The molecular weight excluding hydrogens is 128 g/mol. The highest BCUT2D eigenvalue weighted by Crippen LogP contribution is 2.11. The third-order valence-electron chi connectivity index (χ3n) is 1.56. The minimum absolute atomic E-state index is 0.893. The summed E-state index contributed by atoms with van der Waals surface area (Å²) < 4.78 is 0. The minimum atomic E-state index is 0.893. The smallest absolute Gasteiger partial charge is 0.0313 e. The predicted octanol–water partition coefficient (Wildman–Crippen LogP) is 1.05. The normalized spacial score (nSPS) is 16.8. The fourth-order valence-electron chi connectivity index (χ4n) is 0.926. The van der Waals surface area contributed by atoms with Gasteiger partial charge in [-0.2, -0.15) is 0 Å². The van der Waals surface area contributed by atoms with E-state index in [-0.39, 0.29) is 0 Å². The van der Waals surface area contributed by atoms with Crippen LogP contribution in [-0.2, 0) is 0 Å². The van der Waals surface area contributed by atoms with E-state index in [1.54, 1.807) is 12.1 Å². The van der Waals surface area contributed by atoms with Crippen molar-refractivity contribution in [3.8, 4) is 0 Å². The van der Waals surface area contributed by atoms with Gasteiger partial charge in [0.05, 0.1) is 0 Å². The van der Waals surface area contributed by atoms with Gasteiger partial charge >= 0.3 is 0 Å². The third kappa shape index (κ3) is 1.59. The lowest BCUT2D eigenvalue weighted by molar-refractivity contribution is 0.0215. The number of nitrogens with one attached hydrogen (secondary N) is 1. The van der Waals surface area contributed by atoms with Crippen molar-refractivity contribution in [2.24, 2.45) is 0 Å². The average molecular weight is 140 g/mol. The van der Waals surface area contributed by atoms with Crippen LogP contribution in [0.1, 0.15) is 12.8 Å². The summed E-state index contributed by atoms with van der Waals surface area (Å²) in [6.07, 6.45) is 8.12. The number of hydrogen-bond acceptors (Lipinski definition) is 3. The van der Waals surface area contributed by atoms with Crippen LogP contribution < -0.4 is 5.59 Å². The van der Waals surface area contributed by atoms with E-state index in [4.69, 9.17) is 5.21 Å². The Bertz CT molecular complexity index is 163. The van der Waals surface area contributed by atoms with Gasteiger partial charge in [0.2, 0.25) is 0 Å². The van der Waals surface area contributed by atoms with Gasteiger partial charge in [-0.1, -0.05) is 18.2 Å². The van der Waals surface area contributed by atoms with Crippen molar-refractivity contribution < 1.29 is 5.21 Å². The highest BCUT2D eigenvalue weighted by molar-refractivity contribution is 5.12. The topological polar surface area (TPSA) is 35.5 Å². The van der Waals surface area contributed by atoms with Gasteiger partial charge in [-0.15, -0.1) is 5.59 Å². The Morgan fingerprint density at radius 3 is 2.90 bits per heavy atom. The maximum absolute atomic E-state index is 8.50. The Morgan fingerprint density at radius 1 is 1.60 bits per heavy atom. The summed E-state index contributed by atoms with van der Waals surface area (Å²) >= 11 is 0. The van der Waals surface area contributed by atoms with Gasteiger partial charge < -0.3 is 0 Å². The summed E-state index contributed by atoms with van der Waals surface area (Å²) in [5.41, 5.74) is 3.17. The molecule has 0 heterocycles. The van der Waals surface area contributed by atoms with Crippen LogP contribution in [0.25, 0.3) is 0 Å². The molecule has 0 fully saturated rings. The van der Waals surface area contributed by atoms with Gasteiger partial charge in [-0.05, 0) is 6.42 Å². The zero-order valence-electron chi connectivity index (χ0n) is 6.04. The predicted molar refractivity (Wildman–Crippen MR) is 39.1 cm³/mol. The lowest BCUT2D eigenvalue weighted by Crippen LogP contribution is -2.30. The molecule has 0 aromatic rings. The molecule has 0 bridgehead atoms. The van der Waals surface area contributed by atoms with Crippen LogP contribution in [0.4, 0.5) is 0 Å². The second-order valence-corrected chi connectivity index (χ2v) is 2.27. The Hall–Kier alpha value is -0.800. The summed E-state index contributed by atoms with van der Waals surface area (Å²) in [6, 6.07) is 0. The van der Waals surface area contributed by atoms with Crippen LogP contribution in [0.15, 0.2) is 23.9 Å². The summed E-state index contributed by atoms with van der Waals surface area (Å²) in [7, 11) is 1.78. The van der Waals surface area contributed by atoms with E-state index in [0.29, 0.717) is 0 Å². The minimum Gasteiger partial charge on any atom is -0.297 e. The maximum atomic E-state index is 8.50. The molecule has 0 aliphatic heterocycles. The third-order valence-corrected chi connectivity index (χ3v) is 1.56. The Balaban J connectivity index is 2.47. The van der Waals surface area contributed by atoms with Crippen molar-refractivity contribution >= 4 is 0 Å². The van der Waals surface area contributed by atoms with E-state index in [1.807, 2.05) is 0 Å². The van der Waals surface area contributed by atoms with Crippen LogP contribution in [0.5, 0.6) is 0 Å². The molecule has 0 unspecified atom stereocenters. The second kappa shape index (κ2) is 3.39. The van der Waals surface area contributed by atoms with Crippen LogP contribution in [0.2, 0.25) is 0 Å². The first-order chi connectivity index (χ1) is 4.84. The number of hydrazine groups is 1. The van der Waals surface area contributed by atoms with E-state index in [9.17, 15) is 0 Å². The molecule has 1 rings (SSSR count).